The summed E-state index contributed by atoms with van der Waals surface area (Å²) >= 11 is 1.41. The van der Waals surface area contributed by atoms with E-state index in [-0.39, 0.29) is 17.4 Å². The highest BCUT2D eigenvalue weighted by atomic mass is 32.1. The number of rotatable bonds is 5. The van der Waals surface area contributed by atoms with E-state index in [4.69, 9.17) is 9.15 Å². The molecule has 0 radical (unpaired) electrons. The molecule has 0 unspecified atom stereocenters. The van der Waals surface area contributed by atoms with Crippen molar-refractivity contribution in [2.24, 2.45) is 0 Å². The lowest BCUT2D eigenvalue weighted by molar-refractivity contribution is 0.0599. The second-order valence-electron chi connectivity index (χ2n) is 7.31. The highest BCUT2D eigenvalue weighted by Crippen LogP contribution is 2.40. The molecule has 164 valence electrons. The molecule has 0 aliphatic rings. The summed E-state index contributed by atoms with van der Waals surface area (Å²) < 4.78 is 13.7. The van der Waals surface area contributed by atoms with E-state index in [2.05, 4.69) is 10.3 Å². The monoisotopic (exact) mass is 457 g/mol. The van der Waals surface area contributed by atoms with Gasteiger partial charge in [0.05, 0.1) is 22.9 Å². The van der Waals surface area contributed by atoms with Crippen molar-refractivity contribution in [2.75, 3.05) is 12.4 Å². The molecule has 1 amide bonds. The fourth-order valence-corrected chi connectivity index (χ4v) is 4.64. The second kappa shape index (κ2) is 8.40. The van der Waals surface area contributed by atoms with Crippen LogP contribution in [0.25, 0.3) is 26.5 Å². The van der Waals surface area contributed by atoms with Crippen molar-refractivity contribution >= 4 is 39.3 Å². The number of aryl methyl sites for hydroxylation is 1. The summed E-state index contributed by atoms with van der Waals surface area (Å²) in [5, 5.41) is 3.37. The van der Waals surface area contributed by atoms with Crippen molar-refractivity contribution in [3.05, 3.63) is 89.9 Å². The third kappa shape index (κ3) is 3.81. The zero-order valence-corrected chi connectivity index (χ0v) is 18.7. The fraction of sp³-hybridized carbons (Fsp3) is 0.0800. The van der Waals surface area contributed by atoms with Crippen molar-refractivity contribution in [3.63, 3.8) is 0 Å². The summed E-state index contributed by atoms with van der Waals surface area (Å²) in [6, 6.07) is 18.7. The summed E-state index contributed by atoms with van der Waals surface area (Å²) in [6.07, 6.45) is 3.86. The number of carbonyl (C=O) groups is 2. The molecule has 7 nitrogen and oxygen atoms in total. The number of aromatic nitrogens is 2. The topological polar surface area (TPSA) is 86.4 Å². The molecule has 5 aromatic rings. The highest BCUT2D eigenvalue weighted by Gasteiger charge is 2.29. The number of fused-ring (bicyclic) bond motifs is 1. The van der Waals surface area contributed by atoms with Gasteiger partial charge in [0.15, 0.2) is 0 Å². The Hall–Kier alpha value is -4.17. The van der Waals surface area contributed by atoms with Gasteiger partial charge in [-0.25, -0.2) is 9.78 Å². The number of ether oxygens (including phenoxy) is 1. The predicted molar refractivity (Wildman–Crippen MR) is 127 cm³/mol. The van der Waals surface area contributed by atoms with E-state index in [1.54, 1.807) is 19.1 Å². The third-order valence-corrected chi connectivity index (χ3v) is 6.29. The molecule has 33 heavy (non-hydrogen) atoms. The van der Waals surface area contributed by atoms with Crippen LogP contribution in [0.15, 0.2) is 77.5 Å². The van der Waals surface area contributed by atoms with Crippen LogP contribution in [0.4, 0.5) is 5.88 Å². The van der Waals surface area contributed by atoms with Gasteiger partial charge in [-0.2, -0.15) is 0 Å². The first-order valence-electron chi connectivity index (χ1n) is 10.2. The van der Waals surface area contributed by atoms with Crippen LogP contribution in [-0.4, -0.2) is 28.5 Å². The largest absolute Gasteiger partial charge is 0.465 e. The summed E-state index contributed by atoms with van der Waals surface area (Å²) in [6.45, 7) is 1.66. The normalized spacial score (nSPS) is 11.0. The van der Waals surface area contributed by atoms with Gasteiger partial charge in [-0.3, -0.25) is 10.1 Å². The molecule has 0 atom stereocenters. The molecule has 0 aliphatic carbocycles. The van der Waals surface area contributed by atoms with Gasteiger partial charge in [0.1, 0.15) is 16.3 Å². The van der Waals surface area contributed by atoms with Crippen molar-refractivity contribution < 1.29 is 18.7 Å². The molecule has 3 aromatic heterocycles. The Bertz CT molecular complexity index is 1430. The second-order valence-corrected chi connectivity index (χ2v) is 8.34. The van der Waals surface area contributed by atoms with Gasteiger partial charge in [-0.1, -0.05) is 12.1 Å². The quantitative estimate of drug-likeness (QED) is 0.343. The van der Waals surface area contributed by atoms with E-state index in [9.17, 15) is 9.59 Å². The van der Waals surface area contributed by atoms with Gasteiger partial charge in [0.2, 0.25) is 5.88 Å². The maximum atomic E-state index is 13.0. The van der Waals surface area contributed by atoms with Crippen LogP contribution in [-0.2, 0) is 4.74 Å². The van der Waals surface area contributed by atoms with Gasteiger partial charge in [0.25, 0.3) is 5.91 Å². The zero-order chi connectivity index (χ0) is 22.9. The van der Waals surface area contributed by atoms with E-state index >= 15 is 0 Å². The molecule has 5 rings (SSSR count). The van der Waals surface area contributed by atoms with Crippen LogP contribution in [0.5, 0.6) is 0 Å². The number of methoxy groups -OCH3 is 1. The minimum Gasteiger partial charge on any atom is -0.465 e. The average Bonchev–Trinajstić information content (AvgIpc) is 3.57. The number of hydrogen-bond donors (Lipinski definition) is 1. The molecule has 2 aromatic carbocycles. The van der Waals surface area contributed by atoms with Gasteiger partial charge in [-0.15, -0.1) is 11.3 Å². The van der Waals surface area contributed by atoms with Crippen LogP contribution in [0.3, 0.4) is 0 Å². The molecule has 1 N–H and O–H groups in total. The number of esters is 1. The van der Waals surface area contributed by atoms with E-state index in [1.807, 2.05) is 65.5 Å². The number of carbonyl (C=O) groups excluding carboxylic acids is 2. The molecule has 0 saturated carbocycles. The summed E-state index contributed by atoms with van der Waals surface area (Å²) in [5.74, 6) is -0.413. The number of para-hydroxylation sites is 1. The van der Waals surface area contributed by atoms with Crippen LogP contribution in [0.2, 0.25) is 0 Å². The summed E-state index contributed by atoms with van der Waals surface area (Å²) in [7, 11) is 1.31. The number of hydrogen-bond acceptors (Lipinski definition) is 6. The number of benzene rings is 2. The molecule has 3 heterocycles. The summed E-state index contributed by atoms with van der Waals surface area (Å²) in [4.78, 5) is 30.2. The molecule has 0 saturated heterocycles. The average molecular weight is 458 g/mol. The minimum atomic E-state index is -0.554. The number of amides is 1. The highest BCUT2D eigenvalue weighted by molar-refractivity contribution is 7.21. The van der Waals surface area contributed by atoms with Gasteiger partial charge in [0, 0.05) is 23.6 Å². The first kappa shape index (κ1) is 20.7. The van der Waals surface area contributed by atoms with Gasteiger partial charge >= 0.3 is 5.97 Å². The van der Waals surface area contributed by atoms with E-state index in [0.717, 1.165) is 15.9 Å². The van der Waals surface area contributed by atoms with Crippen LogP contribution in [0, 0.1) is 6.92 Å². The van der Waals surface area contributed by atoms with E-state index < -0.39 is 5.97 Å². The first-order valence-corrected chi connectivity index (χ1v) is 11.0. The van der Waals surface area contributed by atoms with Gasteiger partial charge < -0.3 is 13.7 Å². The maximum absolute atomic E-state index is 13.0. The number of nitrogens with zero attached hydrogens (tertiary/aromatic N) is 2. The van der Waals surface area contributed by atoms with Crippen LogP contribution >= 0.6 is 11.3 Å². The Morgan fingerprint density at radius 3 is 2.45 bits per heavy atom. The lowest BCUT2D eigenvalue weighted by Gasteiger charge is -2.07. The van der Waals surface area contributed by atoms with Gasteiger partial charge in [-0.05, 0) is 55.5 Å². The fourth-order valence-electron chi connectivity index (χ4n) is 3.63. The zero-order valence-electron chi connectivity index (χ0n) is 17.9. The van der Waals surface area contributed by atoms with Crippen molar-refractivity contribution in [2.45, 2.75) is 6.92 Å². The molecule has 8 heteroatoms. The van der Waals surface area contributed by atoms with Crippen molar-refractivity contribution in [3.8, 4) is 16.3 Å². The number of nitrogens with one attached hydrogen (secondary N) is 1. The lowest BCUT2D eigenvalue weighted by Crippen LogP contribution is -2.12. The molecule has 0 fully saturated rings. The van der Waals surface area contributed by atoms with E-state index in [1.165, 1.54) is 18.4 Å². The lowest BCUT2D eigenvalue weighted by atomic mass is 10.1. The SMILES string of the molecule is COC(=O)c1c(C)oc(NC(=O)c2ccc(-n3cccc3)cc2)c1-c1nc2ccccc2s1. The van der Waals surface area contributed by atoms with Crippen molar-refractivity contribution in [1.29, 1.82) is 0 Å². The number of furan rings is 1. The van der Waals surface area contributed by atoms with Crippen molar-refractivity contribution in [1.82, 2.24) is 9.55 Å². The number of anilines is 1. The Morgan fingerprint density at radius 1 is 1.03 bits per heavy atom. The Labute approximate surface area is 193 Å². The standard InChI is InChI=1S/C25H19N3O4S/c1-15-20(25(30)31-2)21(24-26-18-7-3-4-8-19(18)33-24)23(32-15)27-22(29)16-9-11-17(12-10-16)28-13-5-6-14-28/h3-14H,1-2H3,(H,27,29). The smallest absolute Gasteiger partial charge is 0.342 e. The van der Waals surface area contributed by atoms with Crippen LogP contribution < -0.4 is 5.32 Å². The first-order chi connectivity index (χ1) is 16.0. The Balaban J connectivity index is 1.52. The Morgan fingerprint density at radius 2 is 1.76 bits per heavy atom. The molecular weight excluding hydrogens is 438 g/mol. The molecule has 0 spiro atoms. The van der Waals surface area contributed by atoms with E-state index in [0.29, 0.717) is 21.9 Å². The Kier molecular flexibility index (Phi) is 5.27. The number of thiazole rings is 1. The predicted octanol–water partition coefficient (Wildman–Crippen LogP) is 5.69. The third-order valence-electron chi connectivity index (χ3n) is 5.24. The molecule has 0 bridgehead atoms. The van der Waals surface area contributed by atoms with Crippen LogP contribution in [0.1, 0.15) is 26.5 Å². The maximum Gasteiger partial charge on any atom is 0.342 e. The minimum absolute atomic E-state index is 0.159. The molecule has 0 aliphatic heterocycles. The summed E-state index contributed by atoms with van der Waals surface area (Å²) in [5.41, 5.74) is 2.85. The molecular formula is C25H19N3O4S.